The van der Waals surface area contributed by atoms with Gasteiger partial charge >= 0.3 is 0 Å². The first-order chi connectivity index (χ1) is 14.2. The molecule has 2 aromatic carbocycles. The molecule has 0 atom stereocenters. The van der Waals surface area contributed by atoms with E-state index in [1.807, 2.05) is 37.8 Å². The van der Waals surface area contributed by atoms with Crippen LogP contribution in [0.15, 0.2) is 30.3 Å². The Hall–Kier alpha value is -2.44. The van der Waals surface area contributed by atoms with Crippen LogP contribution >= 0.6 is 11.6 Å². The maximum Gasteiger partial charge on any atom is 0.243 e. The minimum atomic E-state index is -0.378. The number of nitrogens with one attached hydrogen (secondary N) is 2. The molecule has 1 aliphatic carbocycles. The molecule has 0 aromatic heterocycles. The van der Waals surface area contributed by atoms with Gasteiger partial charge in [0.05, 0.1) is 13.1 Å². The summed E-state index contributed by atoms with van der Waals surface area (Å²) in [5.74, 6) is -0.938. The molecule has 0 aliphatic heterocycles. The molecular formula is C23H27ClFN3O2. The Morgan fingerprint density at radius 1 is 1.13 bits per heavy atom. The van der Waals surface area contributed by atoms with E-state index in [1.54, 1.807) is 12.1 Å². The second-order valence-electron chi connectivity index (χ2n) is 7.93. The molecule has 2 aromatic rings. The normalized spacial score (nSPS) is 13.4. The second kappa shape index (κ2) is 9.58. The van der Waals surface area contributed by atoms with E-state index in [0.717, 1.165) is 35.2 Å². The zero-order valence-corrected chi connectivity index (χ0v) is 18.3. The van der Waals surface area contributed by atoms with E-state index in [-0.39, 0.29) is 43.3 Å². The quantitative estimate of drug-likeness (QED) is 0.660. The van der Waals surface area contributed by atoms with E-state index in [4.69, 9.17) is 11.6 Å². The lowest BCUT2D eigenvalue weighted by atomic mass is 10.1. The molecular weight excluding hydrogens is 405 g/mol. The predicted octanol–water partition coefficient (Wildman–Crippen LogP) is 4.12. The van der Waals surface area contributed by atoms with Crippen LogP contribution in [0, 0.1) is 26.6 Å². The standard InChI is InChI=1S/C23H27ClFN3O2/c1-14-9-15(2)23(16(3)10-14)27-21(29)11-26-22(30)13-28(17-7-8-17)12-18-19(24)5-4-6-20(18)25/h4-6,9-10,17H,7-8,11-13H2,1-3H3,(H,26,30)(H,27,29). The zero-order valence-electron chi connectivity index (χ0n) is 17.5. The highest BCUT2D eigenvalue weighted by molar-refractivity contribution is 6.31. The molecule has 0 spiro atoms. The van der Waals surface area contributed by atoms with Crippen LogP contribution in [0.25, 0.3) is 0 Å². The topological polar surface area (TPSA) is 61.4 Å². The maximum atomic E-state index is 14.1. The van der Waals surface area contributed by atoms with Gasteiger partial charge in [0.15, 0.2) is 0 Å². The number of nitrogens with zero attached hydrogens (tertiary/aromatic N) is 1. The van der Waals surface area contributed by atoms with Crippen LogP contribution in [0.1, 0.15) is 35.1 Å². The lowest BCUT2D eigenvalue weighted by molar-refractivity contribution is -0.125. The van der Waals surface area contributed by atoms with Crippen LogP contribution in [0.3, 0.4) is 0 Å². The number of carbonyl (C=O) groups is 2. The Morgan fingerprint density at radius 3 is 2.40 bits per heavy atom. The number of benzene rings is 2. The Morgan fingerprint density at radius 2 is 1.80 bits per heavy atom. The van der Waals surface area contributed by atoms with Crippen molar-refractivity contribution in [2.45, 2.75) is 46.2 Å². The molecule has 0 unspecified atom stereocenters. The van der Waals surface area contributed by atoms with Gasteiger partial charge in [0.2, 0.25) is 11.8 Å². The predicted molar refractivity (Wildman–Crippen MR) is 117 cm³/mol. The average Bonchev–Trinajstić information content (AvgIpc) is 3.50. The van der Waals surface area contributed by atoms with Crippen molar-refractivity contribution in [3.05, 3.63) is 63.4 Å². The summed E-state index contributed by atoms with van der Waals surface area (Å²) in [5, 5.41) is 5.88. The second-order valence-corrected chi connectivity index (χ2v) is 8.34. The number of hydrogen-bond acceptors (Lipinski definition) is 3. The first-order valence-electron chi connectivity index (χ1n) is 10.1. The number of rotatable bonds is 8. The van der Waals surface area contributed by atoms with Gasteiger partial charge in [0.1, 0.15) is 5.82 Å². The molecule has 7 heteroatoms. The largest absolute Gasteiger partial charge is 0.346 e. The van der Waals surface area contributed by atoms with Gasteiger partial charge in [-0.15, -0.1) is 0 Å². The molecule has 1 aliphatic rings. The van der Waals surface area contributed by atoms with Gasteiger partial charge in [-0.2, -0.15) is 0 Å². The fourth-order valence-electron chi connectivity index (χ4n) is 3.62. The summed E-state index contributed by atoms with van der Waals surface area (Å²) in [5.41, 5.74) is 4.25. The average molecular weight is 432 g/mol. The van der Waals surface area contributed by atoms with Crippen molar-refractivity contribution in [3.63, 3.8) is 0 Å². The summed E-state index contributed by atoms with van der Waals surface area (Å²) in [4.78, 5) is 26.6. The van der Waals surface area contributed by atoms with Crippen LogP contribution in [-0.2, 0) is 16.1 Å². The fourth-order valence-corrected chi connectivity index (χ4v) is 3.84. The van der Waals surface area contributed by atoms with Gasteiger partial charge in [-0.05, 0) is 56.9 Å². The van der Waals surface area contributed by atoms with Crippen molar-refractivity contribution in [2.24, 2.45) is 0 Å². The number of carbonyl (C=O) groups excluding carboxylic acids is 2. The Balaban J connectivity index is 1.54. The lowest BCUT2D eigenvalue weighted by Crippen LogP contribution is -2.41. The third kappa shape index (κ3) is 5.80. The minimum absolute atomic E-state index is 0.0885. The van der Waals surface area contributed by atoms with Crippen molar-refractivity contribution >= 4 is 29.1 Å². The van der Waals surface area contributed by atoms with Crippen molar-refractivity contribution in [2.75, 3.05) is 18.4 Å². The molecule has 2 amide bonds. The van der Waals surface area contributed by atoms with Gasteiger partial charge in [0, 0.05) is 28.9 Å². The first kappa shape index (κ1) is 22.2. The molecule has 160 valence electrons. The number of hydrogen-bond donors (Lipinski definition) is 2. The molecule has 1 saturated carbocycles. The number of anilines is 1. The number of halogens is 2. The van der Waals surface area contributed by atoms with E-state index in [2.05, 4.69) is 10.6 Å². The van der Waals surface area contributed by atoms with Crippen LogP contribution in [0.4, 0.5) is 10.1 Å². The molecule has 0 radical (unpaired) electrons. The number of aryl methyl sites for hydroxylation is 3. The molecule has 3 rings (SSSR count). The minimum Gasteiger partial charge on any atom is -0.346 e. The zero-order chi connectivity index (χ0) is 21.8. The molecule has 1 fully saturated rings. The SMILES string of the molecule is Cc1cc(C)c(NC(=O)CNC(=O)CN(Cc2c(F)cccc2Cl)C2CC2)c(C)c1. The van der Waals surface area contributed by atoms with Crippen molar-refractivity contribution < 1.29 is 14.0 Å². The lowest BCUT2D eigenvalue weighted by Gasteiger charge is -2.22. The van der Waals surface area contributed by atoms with E-state index >= 15 is 0 Å². The summed E-state index contributed by atoms with van der Waals surface area (Å²) in [6.45, 7) is 6.12. The van der Waals surface area contributed by atoms with Crippen molar-refractivity contribution in [1.29, 1.82) is 0 Å². The molecule has 0 saturated heterocycles. The summed E-state index contributed by atoms with van der Waals surface area (Å²) < 4.78 is 14.1. The third-order valence-electron chi connectivity index (χ3n) is 5.22. The summed E-state index contributed by atoms with van der Waals surface area (Å²) in [7, 11) is 0. The van der Waals surface area contributed by atoms with Crippen LogP contribution in [0.2, 0.25) is 5.02 Å². The van der Waals surface area contributed by atoms with Crippen LogP contribution in [0.5, 0.6) is 0 Å². The van der Waals surface area contributed by atoms with Gasteiger partial charge < -0.3 is 10.6 Å². The van der Waals surface area contributed by atoms with E-state index < -0.39 is 0 Å². The van der Waals surface area contributed by atoms with Crippen LogP contribution < -0.4 is 10.6 Å². The van der Waals surface area contributed by atoms with Gasteiger partial charge in [-0.25, -0.2) is 4.39 Å². The maximum absolute atomic E-state index is 14.1. The smallest absolute Gasteiger partial charge is 0.243 e. The van der Waals surface area contributed by atoms with Gasteiger partial charge in [-0.1, -0.05) is 35.4 Å². The van der Waals surface area contributed by atoms with Crippen molar-refractivity contribution in [3.8, 4) is 0 Å². The van der Waals surface area contributed by atoms with Gasteiger partial charge in [0.25, 0.3) is 0 Å². The first-order valence-corrected chi connectivity index (χ1v) is 10.4. The Bertz CT molecular complexity index is 916. The molecule has 0 bridgehead atoms. The summed E-state index contributed by atoms with van der Waals surface area (Å²) in [6, 6.07) is 8.81. The van der Waals surface area contributed by atoms with E-state index in [0.29, 0.717) is 10.6 Å². The summed E-state index contributed by atoms with van der Waals surface area (Å²) in [6.07, 6.45) is 1.93. The molecule has 2 N–H and O–H groups in total. The van der Waals surface area contributed by atoms with Crippen molar-refractivity contribution in [1.82, 2.24) is 10.2 Å². The highest BCUT2D eigenvalue weighted by Crippen LogP contribution is 2.30. The molecule has 5 nitrogen and oxygen atoms in total. The highest BCUT2D eigenvalue weighted by Gasteiger charge is 2.31. The Labute approximate surface area is 181 Å². The Kier molecular flexibility index (Phi) is 7.10. The molecule has 30 heavy (non-hydrogen) atoms. The van der Waals surface area contributed by atoms with Crippen LogP contribution in [-0.4, -0.2) is 35.8 Å². The third-order valence-corrected chi connectivity index (χ3v) is 5.57. The summed E-state index contributed by atoms with van der Waals surface area (Å²) >= 11 is 6.13. The van der Waals surface area contributed by atoms with Gasteiger partial charge in [-0.3, -0.25) is 14.5 Å². The monoisotopic (exact) mass is 431 g/mol. The molecule has 0 heterocycles. The van der Waals surface area contributed by atoms with E-state index in [9.17, 15) is 14.0 Å². The fraction of sp³-hybridized carbons (Fsp3) is 0.391. The van der Waals surface area contributed by atoms with E-state index in [1.165, 1.54) is 6.07 Å². The number of amides is 2. The highest BCUT2D eigenvalue weighted by atomic mass is 35.5.